The molecule has 6 atom stereocenters. The van der Waals surface area contributed by atoms with Crippen molar-refractivity contribution < 1.29 is 30.3 Å². The Morgan fingerprint density at radius 3 is 2.33 bits per heavy atom. The zero-order valence-corrected chi connectivity index (χ0v) is 14.7. The van der Waals surface area contributed by atoms with Crippen LogP contribution in [-0.4, -0.2) is 68.2 Å². The standard InChI is InChI=1S/C15H29ClN2O6/c1-7(2)5-9(17-11(20)6-16)13(21)12(15(23)24)8-3-4-10(19)18-14(8)22/h7-10,12-15,18-19,21-24H,3-6H2,1-2H3,(H,17,20). The van der Waals surface area contributed by atoms with Gasteiger partial charge in [0, 0.05) is 11.8 Å². The molecule has 0 bridgehead atoms. The van der Waals surface area contributed by atoms with E-state index in [0.29, 0.717) is 19.3 Å². The summed E-state index contributed by atoms with van der Waals surface area (Å²) in [6.07, 6.45) is -4.25. The molecule has 1 heterocycles. The number of amides is 1. The maximum absolute atomic E-state index is 11.6. The van der Waals surface area contributed by atoms with E-state index < -0.39 is 48.6 Å². The Kier molecular flexibility index (Phi) is 8.86. The summed E-state index contributed by atoms with van der Waals surface area (Å²) in [6.45, 7) is 3.81. The molecule has 9 heteroatoms. The first-order valence-electron chi connectivity index (χ1n) is 8.19. The fraction of sp³-hybridized carbons (Fsp3) is 0.933. The molecule has 0 aromatic rings. The molecular weight excluding hydrogens is 340 g/mol. The minimum absolute atomic E-state index is 0.132. The highest BCUT2D eigenvalue weighted by atomic mass is 35.5. The number of hydrogen-bond donors (Lipinski definition) is 7. The van der Waals surface area contributed by atoms with Gasteiger partial charge in [0.1, 0.15) is 18.3 Å². The van der Waals surface area contributed by atoms with Gasteiger partial charge in [-0.1, -0.05) is 13.8 Å². The SMILES string of the molecule is CC(C)CC(NC(=O)CCl)C(O)C(C(O)O)C1CCC(O)NC1O. The van der Waals surface area contributed by atoms with Crippen molar-refractivity contribution in [1.29, 1.82) is 0 Å². The van der Waals surface area contributed by atoms with Gasteiger partial charge in [0.25, 0.3) is 0 Å². The van der Waals surface area contributed by atoms with E-state index in [2.05, 4.69) is 10.6 Å². The molecule has 1 fully saturated rings. The largest absolute Gasteiger partial charge is 0.390 e. The van der Waals surface area contributed by atoms with Crippen molar-refractivity contribution in [2.75, 3.05) is 5.88 Å². The van der Waals surface area contributed by atoms with Crippen LogP contribution in [0.5, 0.6) is 0 Å². The molecule has 7 N–H and O–H groups in total. The number of aliphatic hydroxyl groups excluding tert-OH is 4. The second-order valence-electron chi connectivity index (χ2n) is 6.79. The zero-order valence-electron chi connectivity index (χ0n) is 14.0. The van der Waals surface area contributed by atoms with E-state index in [0.717, 1.165) is 0 Å². The van der Waals surface area contributed by atoms with Crippen LogP contribution in [0.3, 0.4) is 0 Å². The number of carbonyl (C=O) groups is 1. The van der Waals surface area contributed by atoms with Crippen molar-refractivity contribution in [3.8, 4) is 0 Å². The molecule has 6 unspecified atom stereocenters. The van der Waals surface area contributed by atoms with Gasteiger partial charge in [0.15, 0.2) is 6.29 Å². The van der Waals surface area contributed by atoms with E-state index in [-0.39, 0.29) is 11.8 Å². The van der Waals surface area contributed by atoms with Gasteiger partial charge < -0.3 is 30.8 Å². The highest BCUT2D eigenvalue weighted by molar-refractivity contribution is 6.27. The topological polar surface area (TPSA) is 142 Å². The summed E-state index contributed by atoms with van der Waals surface area (Å²) in [4.78, 5) is 11.6. The molecule has 142 valence electrons. The Morgan fingerprint density at radius 2 is 1.88 bits per heavy atom. The van der Waals surface area contributed by atoms with Gasteiger partial charge in [-0.2, -0.15) is 0 Å². The highest BCUT2D eigenvalue weighted by Gasteiger charge is 2.43. The van der Waals surface area contributed by atoms with Gasteiger partial charge in [0.2, 0.25) is 5.91 Å². The molecule has 1 rings (SSSR count). The lowest BCUT2D eigenvalue weighted by Crippen LogP contribution is -2.58. The van der Waals surface area contributed by atoms with Crippen LogP contribution in [0.1, 0.15) is 33.1 Å². The summed E-state index contributed by atoms with van der Waals surface area (Å²) in [5, 5.41) is 54.9. The van der Waals surface area contributed by atoms with Crippen LogP contribution in [0.15, 0.2) is 0 Å². The summed E-state index contributed by atoms with van der Waals surface area (Å²) in [7, 11) is 0. The fourth-order valence-corrected chi connectivity index (χ4v) is 3.35. The molecule has 8 nitrogen and oxygen atoms in total. The van der Waals surface area contributed by atoms with Crippen molar-refractivity contribution >= 4 is 17.5 Å². The molecule has 0 aromatic heterocycles. The highest BCUT2D eigenvalue weighted by Crippen LogP contribution is 2.32. The number of halogens is 1. The Morgan fingerprint density at radius 1 is 1.25 bits per heavy atom. The molecule has 1 aliphatic heterocycles. The lowest BCUT2D eigenvalue weighted by atomic mass is 9.77. The van der Waals surface area contributed by atoms with Crippen molar-refractivity contribution in [2.45, 2.75) is 64.0 Å². The van der Waals surface area contributed by atoms with Crippen molar-refractivity contribution in [3.05, 3.63) is 0 Å². The van der Waals surface area contributed by atoms with Crippen LogP contribution in [-0.2, 0) is 4.79 Å². The van der Waals surface area contributed by atoms with Crippen molar-refractivity contribution in [1.82, 2.24) is 10.6 Å². The summed E-state index contributed by atoms with van der Waals surface area (Å²) in [6, 6.07) is -0.734. The molecule has 0 spiro atoms. The molecular formula is C15H29ClN2O6. The summed E-state index contributed by atoms with van der Waals surface area (Å²) >= 11 is 5.50. The smallest absolute Gasteiger partial charge is 0.235 e. The second kappa shape index (κ2) is 9.86. The number of aliphatic hydroxyl groups is 5. The average molecular weight is 369 g/mol. The second-order valence-corrected chi connectivity index (χ2v) is 7.05. The van der Waals surface area contributed by atoms with Gasteiger partial charge in [-0.3, -0.25) is 10.1 Å². The minimum Gasteiger partial charge on any atom is -0.390 e. The van der Waals surface area contributed by atoms with Gasteiger partial charge in [-0.15, -0.1) is 11.6 Å². The first-order chi connectivity index (χ1) is 11.2. The number of piperidine rings is 1. The number of nitrogens with one attached hydrogen (secondary N) is 2. The monoisotopic (exact) mass is 368 g/mol. The third-order valence-corrected chi connectivity index (χ3v) is 4.62. The van der Waals surface area contributed by atoms with E-state index in [9.17, 15) is 30.3 Å². The maximum atomic E-state index is 11.6. The quantitative estimate of drug-likeness (QED) is 0.208. The van der Waals surface area contributed by atoms with Crippen LogP contribution in [0, 0.1) is 17.8 Å². The number of rotatable bonds is 8. The van der Waals surface area contributed by atoms with Crippen LogP contribution in [0.25, 0.3) is 0 Å². The van der Waals surface area contributed by atoms with E-state index in [1.54, 1.807) is 0 Å². The van der Waals surface area contributed by atoms with Crippen molar-refractivity contribution in [2.24, 2.45) is 17.8 Å². The predicted molar refractivity (Wildman–Crippen MR) is 87.7 cm³/mol. The normalized spacial score (nSPS) is 28.7. The first-order valence-corrected chi connectivity index (χ1v) is 8.72. The van der Waals surface area contributed by atoms with Crippen LogP contribution in [0.2, 0.25) is 0 Å². The Bertz CT molecular complexity index is 398. The molecule has 1 saturated heterocycles. The third-order valence-electron chi connectivity index (χ3n) is 4.38. The van der Waals surface area contributed by atoms with Gasteiger partial charge in [0.05, 0.1) is 12.1 Å². The van der Waals surface area contributed by atoms with E-state index in [1.165, 1.54) is 0 Å². The third kappa shape index (κ3) is 6.11. The molecule has 0 aromatic carbocycles. The minimum atomic E-state index is -1.89. The summed E-state index contributed by atoms with van der Waals surface area (Å²) in [5.41, 5.74) is 0. The Labute approximate surface area is 146 Å². The first kappa shape index (κ1) is 21.6. The van der Waals surface area contributed by atoms with Gasteiger partial charge in [-0.05, 0) is 25.2 Å². The van der Waals surface area contributed by atoms with Crippen LogP contribution >= 0.6 is 11.6 Å². The van der Waals surface area contributed by atoms with E-state index >= 15 is 0 Å². The Hall–Kier alpha value is -0.480. The molecule has 0 radical (unpaired) electrons. The molecule has 0 saturated carbocycles. The zero-order chi connectivity index (χ0) is 18.4. The lowest BCUT2D eigenvalue weighted by molar-refractivity contribution is -0.175. The van der Waals surface area contributed by atoms with Crippen LogP contribution in [0.4, 0.5) is 0 Å². The summed E-state index contributed by atoms with van der Waals surface area (Å²) < 4.78 is 0. The lowest BCUT2D eigenvalue weighted by Gasteiger charge is -2.41. The Balaban J connectivity index is 2.95. The number of carbonyl (C=O) groups excluding carboxylic acids is 1. The van der Waals surface area contributed by atoms with Crippen LogP contribution < -0.4 is 10.6 Å². The maximum Gasteiger partial charge on any atom is 0.235 e. The van der Waals surface area contributed by atoms with E-state index in [1.807, 2.05) is 13.8 Å². The van der Waals surface area contributed by atoms with Crippen molar-refractivity contribution in [3.63, 3.8) is 0 Å². The van der Waals surface area contributed by atoms with Gasteiger partial charge in [-0.25, -0.2) is 0 Å². The van der Waals surface area contributed by atoms with Gasteiger partial charge >= 0.3 is 0 Å². The number of alkyl halides is 1. The molecule has 24 heavy (non-hydrogen) atoms. The molecule has 1 aliphatic rings. The average Bonchev–Trinajstić information content (AvgIpc) is 2.47. The fourth-order valence-electron chi connectivity index (χ4n) is 3.27. The molecule has 0 aliphatic carbocycles. The number of hydrogen-bond acceptors (Lipinski definition) is 7. The molecule has 1 amide bonds. The summed E-state index contributed by atoms with van der Waals surface area (Å²) in [5.74, 6) is -2.39. The predicted octanol–water partition coefficient (Wildman–Crippen LogP) is -1.32. The van der Waals surface area contributed by atoms with E-state index in [4.69, 9.17) is 11.6 Å².